The lowest BCUT2D eigenvalue weighted by Crippen LogP contribution is -2.22. The van der Waals surface area contributed by atoms with E-state index in [1.165, 1.54) is 0 Å². The van der Waals surface area contributed by atoms with E-state index in [9.17, 15) is 9.90 Å². The van der Waals surface area contributed by atoms with E-state index in [1.807, 2.05) is 20.8 Å². The molecule has 1 N–H and O–H groups in total. The van der Waals surface area contributed by atoms with Crippen molar-refractivity contribution in [1.29, 1.82) is 0 Å². The van der Waals surface area contributed by atoms with Gasteiger partial charge in [0.15, 0.2) is 0 Å². The van der Waals surface area contributed by atoms with Crippen molar-refractivity contribution in [3.63, 3.8) is 0 Å². The van der Waals surface area contributed by atoms with Crippen LogP contribution in [-0.2, 0) is 5.54 Å². The molecule has 0 atom stereocenters. The number of carboxylic acids is 1. The fraction of sp³-hybridized carbons (Fsp3) is 0.286. The van der Waals surface area contributed by atoms with Gasteiger partial charge in [0.05, 0.1) is 5.54 Å². The average Bonchev–Trinajstić information content (AvgIpc) is 2.74. The third kappa shape index (κ3) is 2.79. The van der Waals surface area contributed by atoms with Crippen LogP contribution in [0.5, 0.6) is 0 Å². The number of halogens is 1. The quantitative estimate of drug-likeness (QED) is 0.912. The summed E-state index contributed by atoms with van der Waals surface area (Å²) in [6.45, 7) is 5.91. The molecule has 1 aromatic carbocycles. The molecule has 0 unspecified atom stereocenters. The van der Waals surface area contributed by atoms with Gasteiger partial charge in [0.25, 0.3) is 0 Å². The Bertz CT molecular complexity index is 609. The normalized spacial score (nSPS) is 11.6. The Labute approximate surface area is 116 Å². The highest BCUT2D eigenvalue weighted by atomic mass is 35.5. The van der Waals surface area contributed by atoms with Crippen molar-refractivity contribution in [2.75, 3.05) is 0 Å². The molecule has 0 aliphatic rings. The number of aromatic carboxylic acids is 1. The van der Waals surface area contributed by atoms with Crippen LogP contribution in [0, 0.1) is 0 Å². The van der Waals surface area contributed by atoms with Gasteiger partial charge in [-0.15, -0.1) is 0 Å². The summed E-state index contributed by atoms with van der Waals surface area (Å²) < 4.78 is 1.67. The predicted molar refractivity (Wildman–Crippen MR) is 74.6 cm³/mol. The summed E-state index contributed by atoms with van der Waals surface area (Å²) in [5, 5.41) is 14.3. The summed E-state index contributed by atoms with van der Waals surface area (Å²) in [5.74, 6) is -0.986. The van der Waals surface area contributed by atoms with Gasteiger partial charge >= 0.3 is 5.97 Å². The van der Waals surface area contributed by atoms with Crippen LogP contribution in [0.3, 0.4) is 0 Å². The maximum atomic E-state index is 11.3. The number of carbonyl (C=O) groups is 1. The third-order valence-electron chi connectivity index (χ3n) is 2.75. The number of nitrogens with zero attached hydrogens (tertiary/aromatic N) is 2. The van der Waals surface area contributed by atoms with E-state index in [2.05, 4.69) is 5.10 Å². The highest BCUT2D eigenvalue weighted by Crippen LogP contribution is 2.26. The second-order valence-electron chi connectivity index (χ2n) is 5.32. The fourth-order valence-electron chi connectivity index (χ4n) is 1.70. The summed E-state index contributed by atoms with van der Waals surface area (Å²) in [6, 6.07) is 6.98. The Balaban J connectivity index is 2.58. The van der Waals surface area contributed by atoms with Gasteiger partial charge in [-0.3, -0.25) is 4.68 Å². The van der Waals surface area contributed by atoms with Crippen LogP contribution in [-0.4, -0.2) is 20.9 Å². The first-order chi connectivity index (χ1) is 8.79. The lowest BCUT2D eigenvalue weighted by molar-refractivity contribution is 0.0697. The van der Waals surface area contributed by atoms with Gasteiger partial charge in [0, 0.05) is 16.8 Å². The zero-order chi connectivity index (χ0) is 14.2. The van der Waals surface area contributed by atoms with Crippen molar-refractivity contribution in [1.82, 2.24) is 9.78 Å². The van der Waals surface area contributed by atoms with E-state index in [1.54, 1.807) is 35.1 Å². The summed E-state index contributed by atoms with van der Waals surface area (Å²) in [4.78, 5) is 11.3. The maximum absolute atomic E-state index is 11.3. The number of benzene rings is 1. The zero-order valence-corrected chi connectivity index (χ0v) is 11.8. The summed E-state index contributed by atoms with van der Waals surface area (Å²) in [5.41, 5.74) is 1.12. The largest absolute Gasteiger partial charge is 0.478 e. The molecule has 0 spiro atoms. The molecule has 1 aromatic heterocycles. The van der Waals surface area contributed by atoms with Crippen molar-refractivity contribution < 1.29 is 9.90 Å². The van der Waals surface area contributed by atoms with Gasteiger partial charge in [0.2, 0.25) is 0 Å². The molecule has 0 saturated carbocycles. The molecule has 0 fully saturated rings. The SMILES string of the molecule is CC(C)(C)n1cc(C(=O)O)c(-c2ccc(Cl)cc2)n1. The van der Waals surface area contributed by atoms with Gasteiger partial charge in [0.1, 0.15) is 11.3 Å². The van der Waals surface area contributed by atoms with Crippen LogP contribution in [0.15, 0.2) is 30.5 Å². The molecule has 19 heavy (non-hydrogen) atoms. The summed E-state index contributed by atoms with van der Waals surface area (Å²) in [6.07, 6.45) is 1.56. The van der Waals surface area contributed by atoms with E-state index in [0.717, 1.165) is 5.56 Å². The second-order valence-corrected chi connectivity index (χ2v) is 5.76. The molecule has 2 aromatic rings. The van der Waals surface area contributed by atoms with Crippen LogP contribution < -0.4 is 0 Å². The highest BCUT2D eigenvalue weighted by Gasteiger charge is 2.22. The number of hydrogen-bond acceptors (Lipinski definition) is 2. The van der Waals surface area contributed by atoms with Crippen LogP contribution in [0.2, 0.25) is 5.02 Å². The molecule has 100 valence electrons. The van der Waals surface area contributed by atoms with E-state index >= 15 is 0 Å². The topological polar surface area (TPSA) is 55.1 Å². The molecule has 0 bridgehead atoms. The Morgan fingerprint density at radius 1 is 1.26 bits per heavy atom. The first kappa shape index (κ1) is 13.6. The van der Waals surface area contributed by atoms with Crippen molar-refractivity contribution in [2.45, 2.75) is 26.3 Å². The number of aromatic nitrogens is 2. The number of rotatable bonds is 2. The third-order valence-corrected chi connectivity index (χ3v) is 3.00. The Kier molecular flexibility index (Phi) is 3.37. The average molecular weight is 279 g/mol. The number of hydrogen-bond donors (Lipinski definition) is 1. The van der Waals surface area contributed by atoms with E-state index in [4.69, 9.17) is 11.6 Å². The van der Waals surface area contributed by atoms with Crippen molar-refractivity contribution in [2.24, 2.45) is 0 Å². The van der Waals surface area contributed by atoms with Crippen molar-refractivity contribution >= 4 is 17.6 Å². The molecular formula is C14H15ClN2O2. The van der Waals surface area contributed by atoms with Crippen LogP contribution in [0.4, 0.5) is 0 Å². The van der Waals surface area contributed by atoms with Crippen molar-refractivity contribution in [3.05, 3.63) is 41.0 Å². The fourth-order valence-corrected chi connectivity index (χ4v) is 1.82. The molecule has 0 aliphatic heterocycles. The molecule has 4 nitrogen and oxygen atoms in total. The zero-order valence-electron chi connectivity index (χ0n) is 11.0. The van der Waals surface area contributed by atoms with E-state index in [0.29, 0.717) is 10.7 Å². The molecule has 2 rings (SSSR count). The minimum absolute atomic E-state index is 0.192. The van der Waals surface area contributed by atoms with Crippen LogP contribution >= 0.6 is 11.6 Å². The molecule has 5 heteroatoms. The summed E-state index contributed by atoms with van der Waals surface area (Å²) in [7, 11) is 0. The molecular weight excluding hydrogens is 264 g/mol. The summed E-state index contributed by atoms with van der Waals surface area (Å²) >= 11 is 5.84. The van der Waals surface area contributed by atoms with Crippen molar-refractivity contribution in [3.8, 4) is 11.3 Å². The minimum Gasteiger partial charge on any atom is -0.478 e. The maximum Gasteiger partial charge on any atom is 0.339 e. The molecule has 0 amide bonds. The Hall–Kier alpha value is -1.81. The molecule has 0 saturated heterocycles. The molecule has 0 aliphatic carbocycles. The van der Waals surface area contributed by atoms with E-state index in [-0.39, 0.29) is 11.1 Å². The van der Waals surface area contributed by atoms with Crippen LogP contribution in [0.1, 0.15) is 31.1 Å². The van der Waals surface area contributed by atoms with Gasteiger partial charge < -0.3 is 5.11 Å². The Morgan fingerprint density at radius 2 is 1.84 bits per heavy atom. The van der Waals surface area contributed by atoms with Crippen LogP contribution in [0.25, 0.3) is 11.3 Å². The monoisotopic (exact) mass is 278 g/mol. The Morgan fingerprint density at radius 3 is 2.32 bits per heavy atom. The first-order valence-electron chi connectivity index (χ1n) is 5.88. The lowest BCUT2D eigenvalue weighted by Gasteiger charge is -2.18. The van der Waals surface area contributed by atoms with Gasteiger partial charge in [-0.05, 0) is 32.9 Å². The molecule has 1 heterocycles. The first-order valence-corrected chi connectivity index (χ1v) is 6.26. The minimum atomic E-state index is -0.986. The second kappa shape index (κ2) is 4.70. The standard InChI is InChI=1S/C14H15ClN2O2/c1-14(2,3)17-8-11(13(18)19)12(16-17)9-4-6-10(15)7-5-9/h4-8H,1-3H3,(H,18,19). The predicted octanol–water partition coefficient (Wildman–Crippen LogP) is 3.66. The molecule has 0 radical (unpaired) electrons. The smallest absolute Gasteiger partial charge is 0.339 e. The van der Waals surface area contributed by atoms with E-state index < -0.39 is 5.97 Å². The highest BCUT2D eigenvalue weighted by molar-refractivity contribution is 6.30. The number of carboxylic acid groups (broad SMARTS) is 1. The van der Waals surface area contributed by atoms with Gasteiger partial charge in [-0.25, -0.2) is 4.79 Å². The van der Waals surface area contributed by atoms with Gasteiger partial charge in [-0.1, -0.05) is 23.7 Å². The lowest BCUT2D eigenvalue weighted by atomic mass is 10.1. The van der Waals surface area contributed by atoms with Gasteiger partial charge in [-0.2, -0.15) is 5.10 Å².